The molecule has 0 aromatic rings. The zero-order valence-corrected chi connectivity index (χ0v) is 8.04. The second-order valence-corrected chi connectivity index (χ2v) is 4.52. The van der Waals surface area contributed by atoms with Crippen LogP contribution >= 0.6 is 22.6 Å². The molecule has 0 fully saturated rings. The number of allylic oxidation sites excluding steroid dienone is 4. The number of fused-ring (bicyclic) bond motifs is 1. The molecule has 2 aliphatic carbocycles. The maximum atomic E-state index is 2.55. The van der Waals surface area contributed by atoms with Gasteiger partial charge in [-0.3, -0.25) is 0 Å². The Morgan fingerprint density at radius 3 is 3.20 bits per heavy atom. The molecule has 10 heavy (non-hydrogen) atoms. The predicted octanol–water partition coefficient (Wildman–Crippen LogP) is 3.09. The van der Waals surface area contributed by atoms with Gasteiger partial charge in [-0.1, -0.05) is 46.4 Å². The van der Waals surface area contributed by atoms with Crippen LogP contribution in [0.2, 0.25) is 0 Å². The first kappa shape index (κ1) is 6.89. The Kier molecular flexibility index (Phi) is 1.85. The van der Waals surface area contributed by atoms with Gasteiger partial charge < -0.3 is 0 Å². The maximum absolute atomic E-state index is 2.55. The van der Waals surface area contributed by atoms with Crippen molar-refractivity contribution in [2.24, 2.45) is 5.92 Å². The third-order valence-corrected chi connectivity index (χ3v) is 3.59. The fourth-order valence-corrected chi connectivity index (χ4v) is 2.82. The largest absolute Gasteiger partial charge is 0.0866 e. The number of alkyl halides is 1. The highest BCUT2D eigenvalue weighted by Gasteiger charge is 2.24. The maximum Gasteiger partial charge on any atom is 0.0358 e. The van der Waals surface area contributed by atoms with Crippen LogP contribution in [-0.2, 0) is 0 Å². The number of halogens is 1. The molecule has 0 nitrogen and oxygen atoms in total. The molecule has 0 aliphatic heterocycles. The van der Waals surface area contributed by atoms with Crippen molar-refractivity contribution in [2.75, 3.05) is 0 Å². The van der Waals surface area contributed by atoms with Crippen LogP contribution in [0.5, 0.6) is 0 Å². The van der Waals surface area contributed by atoms with E-state index >= 15 is 0 Å². The Balaban J connectivity index is 2.27. The fraction of sp³-hybridized carbons (Fsp3) is 0.556. The summed E-state index contributed by atoms with van der Waals surface area (Å²) in [4.78, 5) is 0. The lowest BCUT2D eigenvalue weighted by Crippen LogP contribution is -2.10. The van der Waals surface area contributed by atoms with Gasteiger partial charge >= 0.3 is 0 Å². The Morgan fingerprint density at radius 1 is 1.50 bits per heavy atom. The summed E-state index contributed by atoms with van der Waals surface area (Å²) >= 11 is 2.55. The van der Waals surface area contributed by atoms with Gasteiger partial charge in [-0.15, -0.1) is 0 Å². The highest BCUT2D eigenvalue weighted by atomic mass is 127. The Bertz CT molecular complexity index is 191. The van der Waals surface area contributed by atoms with Crippen LogP contribution in [0.4, 0.5) is 0 Å². The lowest BCUT2D eigenvalue weighted by atomic mass is 9.92. The summed E-state index contributed by atoms with van der Waals surface area (Å²) in [5.74, 6) is 0.815. The molecule has 54 valence electrons. The standard InChI is InChI=1S/C9H11I/c10-9-6-2-4-7-3-1-5-8(7)9/h2,4-5,7,9H,1,3,6H2. The Labute approximate surface area is 75.5 Å². The summed E-state index contributed by atoms with van der Waals surface area (Å²) in [5, 5.41) is 0. The van der Waals surface area contributed by atoms with Gasteiger partial charge in [-0.2, -0.15) is 0 Å². The van der Waals surface area contributed by atoms with E-state index in [4.69, 9.17) is 0 Å². The summed E-state index contributed by atoms with van der Waals surface area (Å²) in [6, 6.07) is 0. The first-order valence-electron chi connectivity index (χ1n) is 3.88. The quantitative estimate of drug-likeness (QED) is 0.350. The molecule has 0 heterocycles. The normalized spacial score (nSPS) is 37.5. The summed E-state index contributed by atoms with van der Waals surface area (Å²) in [6.07, 6.45) is 11.1. The van der Waals surface area contributed by atoms with E-state index in [2.05, 4.69) is 40.8 Å². The van der Waals surface area contributed by atoms with Crippen molar-refractivity contribution in [1.82, 2.24) is 0 Å². The van der Waals surface area contributed by atoms with Crippen molar-refractivity contribution in [3.63, 3.8) is 0 Å². The lowest BCUT2D eigenvalue weighted by molar-refractivity contribution is 0.697. The molecule has 2 unspecified atom stereocenters. The van der Waals surface area contributed by atoms with Crippen molar-refractivity contribution in [3.05, 3.63) is 23.8 Å². The average Bonchev–Trinajstić information content (AvgIpc) is 2.36. The van der Waals surface area contributed by atoms with Gasteiger partial charge in [0.1, 0.15) is 0 Å². The molecule has 0 amide bonds. The van der Waals surface area contributed by atoms with E-state index in [0.717, 1.165) is 9.84 Å². The van der Waals surface area contributed by atoms with Gasteiger partial charge in [-0.05, 0) is 25.2 Å². The summed E-state index contributed by atoms with van der Waals surface area (Å²) in [6.45, 7) is 0. The van der Waals surface area contributed by atoms with Crippen molar-refractivity contribution in [2.45, 2.75) is 23.2 Å². The molecule has 0 N–H and O–H groups in total. The minimum Gasteiger partial charge on any atom is -0.0866 e. The van der Waals surface area contributed by atoms with E-state index in [-0.39, 0.29) is 0 Å². The third-order valence-electron chi connectivity index (χ3n) is 2.36. The van der Waals surface area contributed by atoms with Crippen LogP contribution in [0.25, 0.3) is 0 Å². The van der Waals surface area contributed by atoms with Crippen molar-refractivity contribution >= 4 is 22.6 Å². The highest BCUT2D eigenvalue weighted by molar-refractivity contribution is 14.1. The molecule has 2 atom stereocenters. The number of hydrogen-bond donors (Lipinski definition) is 0. The topological polar surface area (TPSA) is 0 Å². The van der Waals surface area contributed by atoms with Crippen LogP contribution < -0.4 is 0 Å². The van der Waals surface area contributed by atoms with E-state index in [9.17, 15) is 0 Å². The van der Waals surface area contributed by atoms with E-state index in [1.54, 1.807) is 5.57 Å². The number of rotatable bonds is 0. The third kappa shape index (κ3) is 1.04. The van der Waals surface area contributed by atoms with Gasteiger partial charge in [0, 0.05) is 3.92 Å². The van der Waals surface area contributed by atoms with Crippen LogP contribution in [-0.4, -0.2) is 3.92 Å². The molecular formula is C9H11I. The second-order valence-electron chi connectivity index (χ2n) is 3.02. The SMILES string of the molecule is IC1CC=CC2CCC=C12. The highest BCUT2D eigenvalue weighted by Crippen LogP contribution is 2.37. The molecule has 2 rings (SSSR count). The molecule has 0 spiro atoms. The Hall–Kier alpha value is 0.210. The summed E-state index contributed by atoms with van der Waals surface area (Å²) < 4.78 is 0.801. The van der Waals surface area contributed by atoms with Crippen molar-refractivity contribution < 1.29 is 0 Å². The zero-order valence-electron chi connectivity index (χ0n) is 5.89. The molecule has 0 bridgehead atoms. The van der Waals surface area contributed by atoms with Crippen LogP contribution in [0.15, 0.2) is 23.8 Å². The number of hydrogen-bond acceptors (Lipinski definition) is 0. The van der Waals surface area contributed by atoms with Gasteiger partial charge in [0.05, 0.1) is 0 Å². The van der Waals surface area contributed by atoms with Gasteiger partial charge in [0.2, 0.25) is 0 Å². The van der Waals surface area contributed by atoms with Crippen LogP contribution in [0.3, 0.4) is 0 Å². The zero-order chi connectivity index (χ0) is 6.97. The minimum atomic E-state index is 0.801. The molecule has 0 saturated heterocycles. The Morgan fingerprint density at radius 2 is 2.40 bits per heavy atom. The minimum absolute atomic E-state index is 0.801. The van der Waals surface area contributed by atoms with Crippen LogP contribution in [0, 0.1) is 5.92 Å². The first-order valence-corrected chi connectivity index (χ1v) is 5.13. The fourth-order valence-electron chi connectivity index (χ4n) is 1.81. The van der Waals surface area contributed by atoms with E-state index in [1.807, 2.05) is 0 Å². The van der Waals surface area contributed by atoms with Crippen molar-refractivity contribution in [3.8, 4) is 0 Å². The summed E-state index contributed by atoms with van der Waals surface area (Å²) in [7, 11) is 0. The van der Waals surface area contributed by atoms with Crippen molar-refractivity contribution in [1.29, 1.82) is 0 Å². The monoisotopic (exact) mass is 246 g/mol. The lowest BCUT2D eigenvalue weighted by Gasteiger charge is -2.19. The molecule has 0 aromatic heterocycles. The summed E-state index contributed by atoms with van der Waals surface area (Å²) in [5.41, 5.74) is 1.70. The van der Waals surface area contributed by atoms with Gasteiger partial charge in [0.25, 0.3) is 0 Å². The average molecular weight is 246 g/mol. The van der Waals surface area contributed by atoms with E-state index in [1.165, 1.54) is 19.3 Å². The van der Waals surface area contributed by atoms with Gasteiger partial charge in [-0.25, -0.2) is 0 Å². The van der Waals surface area contributed by atoms with E-state index in [0.29, 0.717) is 0 Å². The van der Waals surface area contributed by atoms with Gasteiger partial charge in [0.15, 0.2) is 0 Å². The molecule has 2 aliphatic rings. The molecule has 0 radical (unpaired) electrons. The smallest absolute Gasteiger partial charge is 0.0358 e. The molecule has 0 aromatic carbocycles. The predicted molar refractivity (Wildman–Crippen MR) is 52.4 cm³/mol. The molecular weight excluding hydrogens is 235 g/mol. The molecule has 1 heteroatoms. The second kappa shape index (κ2) is 2.68. The first-order chi connectivity index (χ1) is 4.88. The van der Waals surface area contributed by atoms with E-state index < -0.39 is 0 Å². The molecule has 0 saturated carbocycles. The van der Waals surface area contributed by atoms with Crippen LogP contribution in [0.1, 0.15) is 19.3 Å².